The lowest BCUT2D eigenvalue weighted by Gasteiger charge is -2.13. The molecule has 0 bridgehead atoms. The molecule has 0 fully saturated rings. The Morgan fingerprint density at radius 1 is 1.04 bits per heavy atom. The summed E-state index contributed by atoms with van der Waals surface area (Å²) in [6.07, 6.45) is -1.47. The number of H-pyrrole nitrogens is 1. The molecule has 1 aromatic carbocycles. The van der Waals surface area contributed by atoms with Crippen molar-refractivity contribution >= 4 is 0 Å². The first-order valence-corrected chi connectivity index (χ1v) is 7.15. The van der Waals surface area contributed by atoms with E-state index in [1.165, 1.54) is 30.6 Å². The highest BCUT2D eigenvalue weighted by atomic mass is 19.4. The summed E-state index contributed by atoms with van der Waals surface area (Å²) in [6.45, 7) is 0. The normalized spacial score (nSPS) is 11.1. The summed E-state index contributed by atoms with van der Waals surface area (Å²) < 4.78 is 38.9. The van der Waals surface area contributed by atoms with Crippen molar-refractivity contribution in [1.82, 2.24) is 9.97 Å². The number of aromatic amines is 1. The lowest BCUT2D eigenvalue weighted by atomic mass is 9.97. The molecule has 0 saturated carbocycles. The number of hydrogen-bond donors (Lipinski definition) is 1. The molecular formula is C18H10F3N3O. The Bertz CT molecular complexity index is 1020. The molecule has 2 heterocycles. The van der Waals surface area contributed by atoms with Crippen molar-refractivity contribution in [3.05, 3.63) is 76.3 Å². The van der Waals surface area contributed by atoms with Gasteiger partial charge in [-0.25, -0.2) is 0 Å². The zero-order valence-electron chi connectivity index (χ0n) is 12.6. The molecule has 0 saturated heterocycles. The van der Waals surface area contributed by atoms with Gasteiger partial charge < -0.3 is 4.98 Å². The fraction of sp³-hybridized carbons (Fsp3) is 0.0556. The SMILES string of the molecule is N#Cc1cc(-c2ccncc2)c(-c2cccc(C(F)(F)F)c2)[nH]c1=O. The van der Waals surface area contributed by atoms with Gasteiger partial charge in [-0.15, -0.1) is 0 Å². The van der Waals surface area contributed by atoms with Gasteiger partial charge in [0.1, 0.15) is 11.6 Å². The fourth-order valence-corrected chi connectivity index (χ4v) is 2.45. The minimum absolute atomic E-state index is 0.123. The Labute approximate surface area is 140 Å². The van der Waals surface area contributed by atoms with E-state index in [1.807, 2.05) is 0 Å². The third-order valence-electron chi connectivity index (χ3n) is 3.63. The largest absolute Gasteiger partial charge is 0.416 e. The maximum absolute atomic E-state index is 13.0. The Balaban J connectivity index is 2.28. The Morgan fingerprint density at radius 3 is 2.40 bits per heavy atom. The van der Waals surface area contributed by atoms with Gasteiger partial charge in [0.15, 0.2) is 0 Å². The van der Waals surface area contributed by atoms with Crippen LogP contribution in [0.1, 0.15) is 11.1 Å². The molecule has 0 atom stereocenters. The van der Waals surface area contributed by atoms with Gasteiger partial charge in [-0.3, -0.25) is 9.78 Å². The maximum Gasteiger partial charge on any atom is 0.416 e. The number of halogens is 3. The molecule has 0 aliphatic carbocycles. The Morgan fingerprint density at radius 2 is 1.76 bits per heavy atom. The van der Waals surface area contributed by atoms with Gasteiger partial charge in [0.2, 0.25) is 0 Å². The second kappa shape index (κ2) is 6.24. The van der Waals surface area contributed by atoms with Crippen molar-refractivity contribution in [2.75, 3.05) is 0 Å². The van der Waals surface area contributed by atoms with E-state index in [4.69, 9.17) is 5.26 Å². The summed E-state index contributed by atoms with van der Waals surface area (Å²) in [5.41, 5.74) is -0.135. The number of benzene rings is 1. The van der Waals surface area contributed by atoms with Gasteiger partial charge in [-0.05, 0) is 41.5 Å². The number of hydrogen-bond acceptors (Lipinski definition) is 3. The first-order valence-electron chi connectivity index (χ1n) is 7.15. The standard InChI is InChI=1S/C18H10F3N3O/c19-18(20,21)14-3-1-2-12(8-14)16-15(11-4-6-23-7-5-11)9-13(10-22)17(25)24-16/h1-9H,(H,24,25). The van der Waals surface area contributed by atoms with Gasteiger partial charge in [0.05, 0.1) is 11.3 Å². The highest BCUT2D eigenvalue weighted by Gasteiger charge is 2.30. The van der Waals surface area contributed by atoms with Crippen molar-refractivity contribution in [3.63, 3.8) is 0 Å². The predicted molar refractivity (Wildman–Crippen MR) is 85.4 cm³/mol. The number of nitrogens with one attached hydrogen (secondary N) is 1. The van der Waals surface area contributed by atoms with E-state index < -0.39 is 17.3 Å². The molecule has 0 aliphatic rings. The molecule has 0 radical (unpaired) electrons. The van der Waals surface area contributed by atoms with Crippen molar-refractivity contribution < 1.29 is 13.2 Å². The van der Waals surface area contributed by atoms with Gasteiger partial charge in [0.25, 0.3) is 5.56 Å². The molecule has 3 rings (SSSR count). The molecule has 3 aromatic rings. The number of pyridine rings is 2. The zero-order valence-corrected chi connectivity index (χ0v) is 12.6. The topological polar surface area (TPSA) is 69.5 Å². The average molecular weight is 341 g/mol. The summed E-state index contributed by atoms with van der Waals surface area (Å²) in [5.74, 6) is 0. The van der Waals surface area contributed by atoms with Crippen molar-refractivity contribution in [1.29, 1.82) is 5.26 Å². The molecule has 0 aliphatic heterocycles. The van der Waals surface area contributed by atoms with Crippen LogP contribution in [-0.2, 0) is 6.18 Å². The van der Waals surface area contributed by atoms with E-state index in [9.17, 15) is 18.0 Å². The minimum atomic E-state index is -4.50. The third-order valence-corrected chi connectivity index (χ3v) is 3.63. The van der Waals surface area contributed by atoms with E-state index in [0.717, 1.165) is 12.1 Å². The molecule has 1 N–H and O–H groups in total. The predicted octanol–water partition coefficient (Wildman–Crippen LogP) is 3.99. The van der Waals surface area contributed by atoms with Gasteiger partial charge in [-0.2, -0.15) is 18.4 Å². The number of alkyl halides is 3. The number of aromatic nitrogens is 2. The smallest absolute Gasteiger partial charge is 0.320 e. The van der Waals surface area contributed by atoms with Crippen molar-refractivity contribution in [2.45, 2.75) is 6.18 Å². The van der Waals surface area contributed by atoms with Crippen LogP contribution in [0.5, 0.6) is 0 Å². The average Bonchev–Trinajstić information content (AvgIpc) is 2.61. The van der Waals surface area contributed by atoms with Crippen LogP contribution in [0, 0.1) is 11.3 Å². The molecule has 0 unspecified atom stereocenters. The van der Waals surface area contributed by atoms with Crippen LogP contribution in [0.4, 0.5) is 13.2 Å². The van der Waals surface area contributed by atoms with Crippen LogP contribution in [0.25, 0.3) is 22.4 Å². The fourth-order valence-electron chi connectivity index (χ4n) is 2.45. The van der Waals surface area contributed by atoms with Gasteiger partial charge >= 0.3 is 6.18 Å². The van der Waals surface area contributed by atoms with Crippen LogP contribution in [0.15, 0.2) is 59.7 Å². The Kier molecular flexibility index (Phi) is 4.11. The number of nitriles is 1. The van der Waals surface area contributed by atoms with Crippen molar-refractivity contribution in [2.24, 2.45) is 0 Å². The zero-order chi connectivity index (χ0) is 18.0. The summed E-state index contributed by atoms with van der Waals surface area (Å²) in [6, 6.07) is 11.1. The molecule has 25 heavy (non-hydrogen) atoms. The number of rotatable bonds is 2. The lowest BCUT2D eigenvalue weighted by molar-refractivity contribution is -0.137. The minimum Gasteiger partial charge on any atom is -0.320 e. The molecule has 124 valence electrons. The first-order chi connectivity index (χ1) is 11.9. The summed E-state index contributed by atoms with van der Waals surface area (Å²) in [5, 5.41) is 9.07. The molecule has 0 spiro atoms. The van der Waals surface area contributed by atoms with E-state index in [0.29, 0.717) is 11.1 Å². The first kappa shape index (κ1) is 16.5. The monoisotopic (exact) mass is 341 g/mol. The molecule has 7 heteroatoms. The second-order valence-electron chi connectivity index (χ2n) is 5.23. The van der Waals surface area contributed by atoms with E-state index >= 15 is 0 Å². The maximum atomic E-state index is 13.0. The lowest BCUT2D eigenvalue weighted by Crippen LogP contribution is -2.12. The Hall–Kier alpha value is -3.40. The number of nitrogens with zero attached hydrogens (tertiary/aromatic N) is 2. The van der Waals surface area contributed by atoms with Crippen molar-refractivity contribution in [3.8, 4) is 28.5 Å². The molecular weight excluding hydrogens is 331 g/mol. The van der Waals surface area contributed by atoms with Crippen LogP contribution in [0.2, 0.25) is 0 Å². The van der Waals surface area contributed by atoms with Crippen LogP contribution in [-0.4, -0.2) is 9.97 Å². The van der Waals surface area contributed by atoms with Crippen LogP contribution >= 0.6 is 0 Å². The van der Waals surface area contributed by atoms with E-state index in [-0.39, 0.29) is 16.8 Å². The second-order valence-corrected chi connectivity index (χ2v) is 5.23. The summed E-state index contributed by atoms with van der Waals surface area (Å²) in [4.78, 5) is 18.4. The van der Waals surface area contributed by atoms with Gasteiger partial charge in [0, 0.05) is 18.0 Å². The van der Waals surface area contributed by atoms with Crippen LogP contribution < -0.4 is 5.56 Å². The van der Waals surface area contributed by atoms with Crippen LogP contribution in [0.3, 0.4) is 0 Å². The third kappa shape index (κ3) is 3.28. The summed E-state index contributed by atoms with van der Waals surface area (Å²) in [7, 11) is 0. The molecule has 0 amide bonds. The highest BCUT2D eigenvalue weighted by Crippen LogP contribution is 2.34. The highest BCUT2D eigenvalue weighted by molar-refractivity contribution is 5.81. The quantitative estimate of drug-likeness (QED) is 0.766. The van der Waals surface area contributed by atoms with Gasteiger partial charge in [-0.1, -0.05) is 12.1 Å². The molecule has 4 nitrogen and oxygen atoms in total. The molecule has 2 aromatic heterocycles. The van der Waals surface area contributed by atoms with E-state index in [1.54, 1.807) is 18.2 Å². The summed E-state index contributed by atoms with van der Waals surface area (Å²) >= 11 is 0. The van der Waals surface area contributed by atoms with E-state index in [2.05, 4.69) is 9.97 Å².